The molecule has 2 aromatic carbocycles. The topological polar surface area (TPSA) is 81.5 Å². The predicted molar refractivity (Wildman–Crippen MR) is 92.4 cm³/mol. The molecule has 0 saturated heterocycles. The number of carbonyl (C=O) groups excluding carboxylic acids is 1. The molecule has 2 aromatic rings. The number of rotatable bonds is 7. The highest BCUT2D eigenvalue weighted by Crippen LogP contribution is 2.22. The van der Waals surface area contributed by atoms with Gasteiger partial charge in [-0.15, -0.1) is 0 Å². The zero-order chi connectivity index (χ0) is 18.4. The van der Waals surface area contributed by atoms with Gasteiger partial charge in [0.1, 0.15) is 11.6 Å². The first-order chi connectivity index (χ1) is 11.9. The second-order valence-electron chi connectivity index (χ2n) is 5.93. The highest BCUT2D eigenvalue weighted by molar-refractivity contribution is 6.04. The summed E-state index contributed by atoms with van der Waals surface area (Å²) in [7, 11) is 0. The summed E-state index contributed by atoms with van der Waals surface area (Å²) in [6.45, 7) is 4.79. The van der Waals surface area contributed by atoms with E-state index in [1.165, 1.54) is 0 Å². The molecule has 0 bridgehead atoms. The van der Waals surface area contributed by atoms with E-state index in [4.69, 9.17) is 4.74 Å². The van der Waals surface area contributed by atoms with Gasteiger partial charge in [-0.3, -0.25) is 14.9 Å². The third kappa shape index (κ3) is 5.27. The molecule has 1 amide bonds. The summed E-state index contributed by atoms with van der Waals surface area (Å²) in [4.78, 5) is 22.3. The SMILES string of the molecule is CC(C)CCOc1ccc(C(=O)Nc2cc([N+](=O)[O-])ccc2F)cc1. The standard InChI is InChI=1S/C18H19FN2O4/c1-12(2)9-10-25-15-6-3-13(4-7-15)18(22)20-17-11-14(21(23)24)5-8-16(17)19/h3-8,11-12H,9-10H2,1-2H3,(H,20,22). The van der Waals surface area contributed by atoms with Crippen LogP contribution in [0.1, 0.15) is 30.6 Å². The predicted octanol–water partition coefficient (Wildman–Crippen LogP) is 4.41. The Morgan fingerprint density at radius 1 is 1.24 bits per heavy atom. The zero-order valence-electron chi connectivity index (χ0n) is 14.0. The van der Waals surface area contributed by atoms with E-state index in [9.17, 15) is 19.3 Å². The highest BCUT2D eigenvalue weighted by atomic mass is 19.1. The second kappa shape index (κ2) is 8.23. The summed E-state index contributed by atoms with van der Waals surface area (Å²) in [5, 5.41) is 13.1. The average molecular weight is 346 g/mol. The van der Waals surface area contributed by atoms with Crippen LogP contribution in [0.25, 0.3) is 0 Å². The number of nitro groups is 1. The molecule has 0 atom stereocenters. The minimum absolute atomic E-state index is 0.239. The number of amides is 1. The average Bonchev–Trinajstić information content (AvgIpc) is 2.57. The molecule has 7 heteroatoms. The number of hydrogen-bond donors (Lipinski definition) is 1. The molecule has 25 heavy (non-hydrogen) atoms. The lowest BCUT2D eigenvalue weighted by atomic mass is 10.1. The number of hydrogen-bond acceptors (Lipinski definition) is 4. The van der Waals surface area contributed by atoms with E-state index >= 15 is 0 Å². The maximum Gasteiger partial charge on any atom is 0.271 e. The second-order valence-corrected chi connectivity index (χ2v) is 5.93. The number of carbonyl (C=O) groups is 1. The summed E-state index contributed by atoms with van der Waals surface area (Å²) in [6, 6.07) is 9.37. The molecular formula is C18H19FN2O4. The Bertz CT molecular complexity index is 760. The van der Waals surface area contributed by atoms with E-state index in [2.05, 4.69) is 19.2 Å². The van der Waals surface area contributed by atoms with Crippen LogP contribution in [-0.2, 0) is 0 Å². The molecule has 0 aliphatic rings. The lowest BCUT2D eigenvalue weighted by Crippen LogP contribution is -2.13. The summed E-state index contributed by atoms with van der Waals surface area (Å²) in [5.74, 6) is -0.130. The highest BCUT2D eigenvalue weighted by Gasteiger charge is 2.14. The number of ether oxygens (including phenoxy) is 1. The number of nitrogens with zero attached hydrogens (tertiary/aromatic N) is 1. The van der Waals surface area contributed by atoms with Gasteiger partial charge in [-0.05, 0) is 42.7 Å². The van der Waals surface area contributed by atoms with Crippen LogP contribution in [0.2, 0.25) is 0 Å². The third-order valence-corrected chi connectivity index (χ3v) is 3.49. The van der Waals surface area contributed by atoms with Gasteiger partial charge >= 0.3 is 0 Å². The molecule has 0 spiro atoms. The number of anilines is 1. The van der Waals surface area contributed by atoms with Crippen molar-refractivity contribution in [3.05, 3.63) is 64.0 Å². The fraction of sp³-hybridized carbons (Fsp3) is 0.278. The summed E-state index contributed by atoms with van der Waals surface area (Å²) in [6.07, 6.45) is 0.925. The van der Waals surface area contributed by atoms with Gasteiger partial charge in [0, 0.05) is 17.7 Å². The lowest BCUT2D eigenvalue weighted by Gasteiger charge is -2.09. The first kappa shape index (κ1) is 18.4. The fourth-order valence-corrected chi connectivity index (χ4v) is 2.03. The smallest absolute Gasteiger partial charge is 0.271 e. The van der Waals surface area contributed by atoms with Crippen molar-refractivity contribution < 1.29 is 18.8 Å². The van der Waals surface area contributed by atoms with Crippen molar-refractivity contribution >= 4 is 17.3 Å². The van der Waals surface area contributed by atoms with E-state index in [1.807, 2.05) is 0 Å². The first-order valence-electron chi connectivity index (χ1n) is 7.85. The minimum Gasteiger partial charge on any atom is -0.494 e. The third-order valence-electron chi connectivity index (χ3n) is 3.49. The molecule has 0 aliphatic heterocycles. The van der Waals surface area contributed by atoms with Crippen LogP contribution >= 0.6 is 0 Å². The minimum atomic E-state index is -0.743. The molecule has 0 fully saturated rings. The zero-order valence-corrected chi connectivity index (χ0v) is 14.0. The van der Waals surface area contributed by atoms with E-state index in [1.54, 1.807) is 24.3 Å². The van der Waals surface area contributed by atoms with Crippen molar-refractivity contribution in [1.82, 2.24) is 0 Å². The van der Waals surface area contributed by atoms with Gasteiger partial charge in [-0.1, -0.05) is 13.8 Å². The van der Waals surface area contributed by atoms with Gasteiger partial charge in [0.15, 0.2) is 0 Å². The van der Waals surface area contributed by atoms with Crippen LogP contribution < -0.4 is 10.1 Å². The fourth-order valence-electron chi connectivity index (χ4n) is 2.03. The molecule has 0 radical (unpaired) electrons. The van der Waals surface area contributed by atoms with Crippen molar-refractivity contribution in [2.45, 2.75) is 20.3 Å². The lowest BCUT2D eigenvalue weighted by molar-refractivity contribution is -0.384. The monoisotopic (exact) mass is 346 g/mol. The molecule has 0 saturated carbocycles. The maximum atomic E-state index is 13.7. The molecule has 2 rings (SSSR count). The molecular weight excluding hydrogens is 327 g/mol. The Balaban J connectivity index is 2.03. The Labute approximate surface area is 144 Å². The molecule has 6 nitrogen and oxygen atoms in total. The van der Waals surface area contributed by atoms with Gasteiger partial charge < -0.3 is 10.1 Å². The number of benzene rings is 2. The van der Waals surface area contributed by atoms with Gasteiger partial charge in [0.05, 0.1) is 17.2 Å². The summed E-state index contributed by atoms with van der Waals surface area (Å²) < 4.78 is 19.3. The normalized spacial score (nSPS) is 10.6. The number of nitro benzene ring substituents is 1. The van der Waals surface area contributed by atoms with Crippen LogP contribution in [0.3, 0.4) is 0 Å². The van der Waals surface area contributed by atoms with E-state index in [0.717, 1.165) is 24.6 Å². The van der Waals surface area contributed by atoms with Gasteiger partial charge in [-0.2, -0.15) is 0 Å². The van der Waals surface area contributed by atoms with Gasteiger partial charge in [0.2, 0.25) is 0 Å². The van der Waals surface area contributed by atoms with Crippen LogP contribution in [-0.4, -0.2) is 17.4 Å². The summed E-state index contributed by atoms with van der Waals surface area (Å²) in [5.41, 5.74) is -0.246. The van der Waals surface area contributed by atoms with E-state index in [-0.39, 0.29) is 11.4 Å². The van der Waals surface area contributed by atoms with E-state index in [0.29, 0.717) is 23.8 Å². The van der Waals surface area contributed by atoms with E-state index < -0.39 is 16.6 Å². The number of nitrogens with one attached hydrogen (secondary N) is 1. The van der Waals surface area contributed by atoms with Crippen molar-refractivity contribution in [1.29, 1.82) is 0 Å². The quantitative estimate of drug-likeness (QED) is 0.595. The Morgan fingerprint density at radius 3 is 2.52 bits per heavy atom. The van der Waals surface area contributed by atoms with Crippen LogP contribution in [0, 0.1) is 21.8 Å². The molecule has 0 unspecified atom stereocenters. The molecule has 132 valence electrons. The van der Waals surface area contributed by atoms with Crippen molar-refractivity contribution in [3.63, 3.8) is 0 Å². The van der Waals surface area contributed by atoms with Gasteiger partial charge in [0.25, 0.3) is 11.6 Å². The molecule has 1 N–H and O–H groups in total. The Morgan fingerprint density at radius 2 is 1.92 bits per heavy atom. The largest absolute Gasteiger partial charge is 0.494 e. The van der Waals surface area contributed by atoms with Crippen LogP contribution in [0.15, 0.2) is 42.5 Å². The van der Waals surface area contributed by atoms with Crippen molar-refractivity contribution in [2.75, 3.05) is 11.9 Å². The van der Waals surface area contributed by atoms with Crippen molar-refractivity contribution in [2.24, 2.45) is 5.92 Å². The Hall–Kier alpha value is -2.96. The van der Waals surface area contributed by atoms with Gasteiger partial charge in [-0.25, -0.2) is 4.39 Å². The van der Waals surface area contributed by atoms with Crippen molar-refractivity contribution in [3.8, 4) is 5.75 Å². The van der Waals surface area contributed by atoms with Crippen LogP contribution in [0.5, 0.6) is 5.75 Å². The molecule has 0 heterocycles. The maximum absolute atomic E-state index is 13.7. The first-order valence-corrected chi connectivity index (χ1v) is 7.85. The van der Waals surface area contributed by atoms with Crippen LogP contribution in [0.4, 0.5) is 15.8 Å². The molecule has 0 aromatic heterocycles. The number of halogens is 1. The number of non-ortho nitro benzene ring substituents is 1. The summed E-state index contributed by atoms with van der Waals surface area (Å²) >= 11 is 0. The Kier molecular flexibility index (Phi) is 6.05. The molecule has 0 aliphatic carbocycles.